The van der Waals surface area contributed by atoms with Crippen LogP contribution in [0.25, 0.3) is 21.8 Å². The first kappa shape index (κ1) is 13.2. The number of aromatic hydroxyl groups is 1. The molecule has 1 aliphatic rings. The smallest absolute Gasteiger partial charge is 0.124 e. The van der Waals surface area contributed by atoms with Crippen LogP contribution in [0.1, 0.15) is 10.4 Å². The highest BCUT2D eigenvalue weighted by molar-refractivity contribution is 7.15. The molecule has 0 bridgehead atoms. The maximum atomic E-state index is 9.33. The molecule has 0 spiro atoms. The van der Waals surface area contributed by atoms with Crippen LogP contribution in [-0.2, 0) is 6.42 Å². The summed E-state index contributed by atoms with van der Waals surface area (Å²) in [6, 6.07) is 15.7. The molecule has 0 aliphatic heterocycles. The first-order valence-corrected chi connectivity index (χ1v) is 7.00. The van der Waals surface area contributed by atoms with E-state index in [1.54, 1.807) is 23.5 Å². The van der Waals surface area contributed by atoms with Gasteiger partial charge in [-0.1, -0.05) is 24.3 Å². The highest BCUT2D eigenvalue weighted by Crippen LogP contribution is 2.41. The Morgan fingerprint density at radius 3 is 2.55 bits per heavy atom. The number of benzene rings is 2. The van der Waals surface area contributed by atoms with Crippen molar-refractivity contribution in [1.29, 1.82) is 0 Å². The van der Waals surface area contributed by atoms with Crippen LogP contribution in [0.3, 0.4) is 0 Å². The molecule has 1 aliphatic carbocycles. The fourth-order valence-electron chi connectivity index (χ4n) is 2.49. The summed E-state index contributed by atoms with van der Waals surface area (Å²) in [6.45, 7) is 0. The molecule has 4 rings (SSSR count). The van der Waals surface area contributed by atoms with Crippen LogP contribution in [0.5, 0.6) is 5.75 Å². The minimum atomic E-state index is 0. The molecule has 0 amide bonds. The lowest BCUT2D eigenvalue weighted by atomic mass is 10.1. The van der Waals surface area contributed by atoms with Gasteiger partial charge in [-0.25, -0.2) is 4.98 Å². The molecule has 1 heterocycles. The lowest BCUT2D eigenvalue weighted by molar-refractivity contribution is 0.475. The minimum Gasteiger partial charge on any atom is -0.508 e. The van der Waals surface area contributed by atoms with Crippen LogP contribution in [-0.4, -0.2) is 10.1 Å². The van der Waals surface area contributed by atoms with Crippen molar-refractivity contribution in [3.05, 3.63) is 59.0 Å². The molecule has 0 fully saturated rings. The van der Waals surface area contributed by atoms with Crippen molar-refractivity contribution >= 4 is 23.7 Å². The van der Waals surface area contributed by atoms with E-state index in [9.17, 15) is 5.11 Å². The zero-order chi connectivity index (χ0) is 12.8. The molecule has 3 aromatic rings. The van der Waals surface area contributed by atoms with Gasteiger partial charge in [-0.3, -0.25) is 0 Å². The fourth-order valence-corrected chi connectivity index (χ4v) is 3.59. The molecule has 2 nitrogen and oxygen atoms in total. The van der Waals surface area contributed by atoms with Crippen molar-refractivity contribution in [2.75, 3.05) is 0 Å². The number of hydrogen-bond acceptors (Lipinski definition) is 3. The predicted octanol–water partition coefficient (Wildman–Crippen LogP) is 4.51. The Bertz CT molecular complexity index is 764. The van der Waals surface area contributed by atoms with Gasteiger partial charge in [0.1, 0.15) is 10.8 Å². The van der Waals surface area contributed by atoms with Crippen molar-refractivity contribution < 1.29 is 5.11 Å². The van der Waals surface area contributed by atoms with E-state index in [-0.39, 0.29) is 18.2 Å². The van der Waals surface area contributed by atoms with Gasteiger partial charge < -0.3 is 5.11 Å². The fraction of sp³-hybridized carbons (Fsp3) is 0.0625. The standard InChI is InChI=1S/C16H11NOS.ClH/c18-12-7-5-10(6-8-12)16-17-15-13-4-2-1-3-11(13)9-14(15)19-16;/h1-8,18H,9H2;1H. The van der Waals surface area contributed by atoms with Crippen molar-refractivity contribution in [1.82, 2.24) is 4.98 Å². The molecule has 0 unspecified atom stereocenters. The molecule has 0 saturated heterocycles. The van der Waals surface area contributed by atoms with Crippen LogP contribution in [0.15, 0.2) is 48.5 Å². The number of nitrogens with zero attached hydrogens (tertiary/aromatic N) is 1. The molecule has 2 aromatic carbocycles. The summed E-state index contributed by atoms with van der Waals surface area (Å²) in [5.74, 6) is 0.290. The molecular formula is C16H12ClNOS. The number of thiazole rings is 1. The molecule has 1 N–H and O–H groups in total. The highest BCUT2D eigenvalue weighted by Gasteiger charge is 2.22. The quantitative estimate of drug-likeness (QED) is 0.561. The van der Waals surface area contributed by atoms with E-state index in [1.807, 2.05) is 12.1 Å². The molecule has 100 valence electrons. The Morgan fingerprint density at radius 1 is 1.00 bits per heavy atom. The van der Waals surface area contributed by atoms with Crippen molar-refractivity contribution in [2.45, 2.75) is 6.42 Å². The highest BCUT2D eigenvalue weighted by atomic mass is 35.5. The average Bonchev–Trinajstić information content (AvgIpc) is 2.97. The first-order chi connectivity index (χ1) is 9.31. The lowest BCUT2D eigenvalue weighted by Crippen LogP contribution is -1.81. The third-order valence-corrected chi connectivity index (χ3v) is 4.54. The summed E-state index contributed by atoms with van der Waals surface area (Å²) in [5.41, 5.74) is 4.82. The van der Waals surface area contributed by atoms with Gasteiger partial charge in [0.2, 0.25) is 0 Å². The second-order valence-electron chi connectivity index (χ2n) is 4.67. The van der Waals surface area contributed by atoms with E-state index < -0.39 is 0 Å². The Kier molecular flexibility index (Phi) is 3.24. The molecule has 0 saturated carbocycles. The Morgan fingerprint density at radius 2 is 1.75 bits per heavy atom. The maximum Gasteiger partial charge on any atom is 0.124 e. The van der Waals surface area contributed by atoms with Crippen LogP contribution >= 0.6 is 23.7 Å². The van der Waals surface area contributed by atoms with E-state index >= 15 is 0 Å². The van der Waals surface area contributed by atoms with E-state index in [0.29, 0.717) is 0 Å². The van der Waals surface area contributed by atoms with Gasteiger partial charge in [0.05, 0.1) is 5.69 Å². The van der Waals surface area contributed by atoms with Gasteiger partial charge in [0, 0.05) is 22.4 Å². The largest absolute Gasteiger partial charge is 0.508 e. The number of aromatic nitrogens is 1. The van der Waals surface area contributed by atoms with E-state index in [2.05, 4.69) is 24.3 Å². The Balaban J connectivity index is 0.00000121. The summed E-state index contributed by atoms with van der Waals surface area (Å²) < 4.78 is 0. The predicted molar refractivity (Wildman–Crippen MR) is 84.7 cm³/mol. The average molecular weight is 302 g/mol. The van der Waals surface area contributed by atoms with Gasteiger partial charge in [-0.05, 0) is 29.8 Å². The summed E-state index contributed by atoms with van der Waals surface area (Å²) in [4.78, 5) is 6.11. The van der Waals surface area contributed by atoms with Crippen LogP contribution < -0.4 is 0 Å². The second kappa shape index (κ2) is 4.93. The molecule has 1 aromatic heterocycles. The monoisotopic (exact) mass is 301 g/mol. The van der Waals surface area contributed by atoms with Gasteiger partial charge >= 0.3 is 0 Å². The van der Waals surface area contributed by atoms with Crippen molar-refractivity contribution in [3.8, 4) is 27.6 Å². The molecule has 4 heteroatoms. The summed E-state index contributed by atoms with van der Waals surface area (Å²) in [7, 11) is 0. The van der Waals surface area contributed by atoms with Crippen molar-refractivity contribution in [2.24, 2.45) is 0 Å². The van der Waals surface area contributed by atoms with E-state index in [0.717, 1.165) is 22.7 Å². The third-order valence-electron chi connectivity index (χ3n) is 3.44. The number of halogens is 1. The SMILES string of the molecule is Cl.Oc1ccc(-c2nc3c(s2)Cc2ccccc2-3)cc1. The van der Waals surface area contributed by atoms with Gasteiger partial charge in [0.15, 0.2) is 0 Å². The van der Waals surface area contributed by atoms with Crippen LogP contribution in [0, 0.1) is 0 Å². The number of phenolic OH excluding ortho intramolecular Hbond substituents is 1. The maximum absolute atomic E-state index is 9.33. The number of phenols is 1. The summed E-state index contributed by atoms with van der Waals surface area (Å²) in [5, 5.41) is 10.4. The number of hydrogen-bond donors (Lipinski definition) is 1. The summed E-state index contributed by atoms with van der Waals surface area (Å²) >= 11 is 1.74. The van der Waals surface area contributed by atoms with E-state index in [1.165, 1.54) is 16.0 Å². The Hall–Kier alpha value is -1.84. The zero-order valence-corrected chi connectivity index (χ0v) is 12.2. The van der Waals surface area contributed by atoms with Crippen LogP contribution in [0.4, 0.5) is 0 Å². The number of fused-ring (bicyclic) bond motifs is 3. The second-order valence-corrected chi connectivity index (χ2v) is 5.76. The minimum absolute atomic E-state index is 0. The van der Waals surface area contributed by atoms with E-state index in [4.69, 9.17) is 4.98 Å². The first-order valence-electron chi connectivity index (χ1n) is 6.18. The normalized spacial score (nSPS) is 11.6. The molecule has 20 heavy (non-hydrogen) atoms. The van der Waals surface area contributed by atoms with Gasteiger partial charge in [-0.15, -0.1) is 23.7 Å². The van der Waals surface area contributed by atoms with Gasteiger partial charge in [-0.2, -0.15) is 0 Å². The zero-order valence-electron chi connectivity index (χ0n) is 10.5. The Labute approximate surface area is 127 Å². The molecule has 0 atom stereocenters. The molecule has 0 radical (unpaired) electrons. The summed E-state index contributed by atoms with van der Waals surface area (Å²) in [6.07, 6.45) is 0.987. The third kappa shape index (κ3) is 1.99. The van der Waals surface area contributed by atoms with Gasteiger partial charge in [0.25, 0.3) is 0 Å². The number of rotatable bonds is 1. The topological polar surface area (TPSA) is 33.1 Å². The van der Waals surface area contributed by atoms with Crippen molar-refractivity contribution in [3.63, 3.8) is 0 Å². The molecular weight excluding hydrogens is 290 g/mol. The van der Waals surface area contributed by atoms with Crippen LogP contribution in [0.2, 0.25) is 0 Å². The lowest BCUT2D eigenvalue weighted by Gasteiger charge is -1.99.